The van der Waals surface area contributed by atoms with Crippen LogP contribution in [0, 0.1) is 0 Å². The van der Waals surface area contributed by atoms with E-state index in [9.17, 15) is 9.59 Å². The number of amides is 1. The Morgan fingerprint density at radius 1 is 1.38 bits per heavy atom. The fourth-order valence-corrected chi connectivity index (χ4v) is 1.91. The van der Waals surface area contributed by atoms with Crippen molar-refractivity contribution in [3.8, 4) is 0 Å². The largest absolute Gasteiger partial charge is 0.480 e. The maximum absolute atomic E-state index is 12.3. The molecule has 0 bridgehead atoms. The van der Waals surface area contributed by atoms with Crippen LogP contribution in [0.5, 0.6) is 0 Å². The lowest BCUT2D eigenvalue weighted by Crippen LogP contribution is -2.53. The van der Waals surface area contributed by atoms with Crippen molar-refractivity contribution in [2.24, 2.45) is 5.73 Å². The average molecular weight is 294 g/mol. The summed E-state index contributed by atoms with van der Waals surface area (Å²) in [4.78, 5) is 23.5. The van der Waals surface area contributed by atoms with Crippen LogP contribution in [0.4, 0.5) is 0 Å². The summed E-state index contributed by atoms with van der Waals surface area (Å²) in [5.41, 5.74) is 5.40. The normalized spacial score (nSPS) is 15.0. The molecule has 0 heterocycles. The molecule has 0 fully saturated rings. The number of rotatable bonds is 8. The van der Waals surface area contributed by atoms with E-state index < -0.39 is 23.5 Å². The van der Waals surface area contributed by atoms with Gasteiger partial charge in [0.05, 0.1) is 0 Å². The van der Waals surface area contributed by atoms with Gasteiger partial charge in [-0.3, -0.25) is 4.79 Å². The van der Waals surface area contributed by atoms with E-state index >= 15 is 0 Å². The molecule has 0 spiro atoms. The highest BCUT2D eigenvalue weighted by Gasteiger charge is 2.33. The number of hydrogen-bond donors (Lipinski definition) is 3. The van der Waals surface area contributed by atoms with Crippen LogP contribution in [-0.4, -0.2) is 36.7 Å². The summed E-state index contributed by atoms with van der Waals surface area (Å²) in [6, 6.07) is 7.88. The number of benzene rings is 1. The summed E-state index contributed by atoms with van der Waals surface area (Å²) in [7, 11) is 1.54. The third-order valence-electron chi connectivity index (χ3n) is 3.29. The number of hydrogen-bond acceptors (Lipinski definition) is 4. The number of aliphatic carboxylic acids is 1. The quantitative estimate of drug-likeness (QED) is 0.617. The predicted octanol–water partition coefficient (Wildman–Crippen LogP) is 0.857. The summed E-state index contributed by atoms with van der Waals surface area (Å²) < 4.78 is 4.88. The second kappa shape index (κ2) is 7.75. The lowest BCUT2D eigenvalue weighted by Gasteiger charge is -2.26. The van der Waals surface area contributed by atoms with Crippen molar-refractivity contribution in [3.63, 3.8) is 0 Å². The molecule has 0 aromatic heterocycles. The Labute approximate surface area is 124 Å². The minimum absolute atomic E-state index is 0.291. The fourth-order valence-electron chi connectivity index (χ4n) is 1.91. The SMILES string of the molecule is COCCCC(NC(=O)C(C)(N)c1ccccc1)C(=O)O. The van der Waals surface area contributed by atoms with Gasteiger partial charge in [0, 0.05) is 13.7 Å². The van der Waals surface area contributed by atoms with E-state index in [1.54, 1.807) is 38.3 Å². The molecule has 1 aromatic carbocycles. The van der Waals surface area contributed by atoms with E-state index in [0.29, 0.717) is 25.0 Å². The third-order valence-corrected chi connectivity index (χ3v) is 3.29. The Morgan fingerprint density at radius 3 is 2.52 bits per heavy atom. The van der Waals surface area contributed by atoms with Crippen LogP contribution in [0.2, 0.25) is 0 Å². The van der Waals surface area contributed by atoms with E-state index in [-0.39, 0.29) is 0 Å². The van der Waals surface area contributed by atoms with Crippen LogP contribution >= 0.6 is 0 Å². The van der Waals surface area contributed by atoms with E-state index in [4.69, 9.17) is 15.6 Å². The van der Waals surface area contributed by atoms with Crippen molar-refractivity contribution in [2.75, 3.05) is 13.7 Å². The molecule has 0 radical (unpaired) electrons. The zero-order valence-corrected chi connectivity index (χ0v) is 12.3. The monoisotopic (exact) mass is 294 g/mol. The van der Waals surface area contributed by atoms with Gasteiger partial charge in [0.15, 0.2) is 0 Å². The smallest absolute Gasteiger partial charge is 0.326 e. The molecule has 1 rings (SSSR count). The molecule has 2 unspecified atom stereocenters. The van der Waals surface area contributed by atoms with Crippen LogP contribution in [0.1, 0.15) is 25.3 Å². The van der Waals surface area contributed by atoms with Gasteiger partial charge in [0.2, 0.25) is 5.91 Å². The Hall–Kier alpha value is -1.92. The van der Waals surface area contributed by atoms with Gasteiger partial charge in [-0.1, -0.05) is 30.3 Å². The van der Waals surface area contributed by atoms with Crippen molar-refractivity contribution in [2.45, 2.75) is 31.3 Å². The van der Waals surface area contributed by atoms with Gasteiger partial charge in [-0.05, 0) is 25.3 Å². The lowest BCUT2D eigenvalue weighted by atomic mass is 9.92. The zero-order chi connectivity index (χ0) is 15.9. The molecule has 0 saturated heterocycles. The van der Waals surface area contributed by atoms with Gasteiger partial charge in [-0.25, -0.2) is 4.79 Å². The van der Waals surface area contributed by atoms with Gasteiger partial charge in [-0.15, -0.1) is 0 Å². The van der Waals surface area contributed by atoms with E-state index in [2.05, 4.69) is 5.32 Å². The number of nitrogens with one attached hydrogen (secondary N) is 1. The first-order valence-corrected chi connectivity index (χ1v) is 6.76. The highest BCUT2D eigenvalue weighted by molar-refractivity contribution is 5.90. The van der Waals surface area contributed by atoms with Crippen molar-refractivity contribution in [3.05, 3.63) is 35.9 Å². The second-order valence-electron chi connectivity index (χ2n) is 5.07. The van der Waals surface area contributed by atoms with E-state index in [0.717, 1.165) is 0 Å². The molecule has 0 saturated carbocycles. The van der Waals surface area contributed by atoms with Gasteiger partial charge < -0.3 is 20.9 Å². The van der Waals surface area contributed by atoms with Gasteiger partial charge >= 0.3 is 5.97 Å². The summed E-state index contributed by atoms with van der Waals surface area (Å²) >= 11 is 0. The highest BCUT2D eigenvalue weighted by Crippen LogP contribution is 2.18. The molecule has 0 aliphatic rings. The Balaban J connectivity index is 2.74. The maximum Gasteiger partial charge on any atom is 0.326 e. The van der Waals surface area contributed by atoms with Crippen molar-refractivity contribution < 1.29 is 19.4 Å². The molecule has 21 heavy (non-hydrogen) atoms. The Bertz CT molecular complexity index is 474. The number of carbonyl (C=O) groups excluding carboxylic acids is 1. The van der Waals surface area contributed by atoms with Crippen LogP contribution in [0.15, 0.2) is 30.3 Å². The third kappa shape index (κ3) is 4.84. The number of ether oxygens (including phenoxy) is 1. The molecular weight excluding hydrogens is 272 g/mol. The summed E-state index contributed by atoms with van der Waals surface area (Å²) in [6.45, 7) is 2.00. The van der Waals surface area contributed by atoms with Crippen LogP contribution in [0.25, 0.3) is 0 Å². The number of nitrogens with two attached hydrogens (primary N) is 1. The first kappa shape index (κ1) is 17.1. The molecule has 4 N–H and O–H groups in total. The first-order chi connectivity index (χ1) is 9.89. The Morgan fingerprint density at radius 2 is 2.00 bits per heavy atom. The van der Waals surface area contributed by atoms with Crippen molar-refractivity contribution >= 4 is 11.9 Å². The predicted molar refractivity (Wildman–Crippen MR) is 78.7 cm³/mol. The van der Waals surface area contributed by atoms with E-state index in [1.807, 2.05) is 6.07 Å². The van der Waals surface area contributed by atoms with Crippen LogP contribution < -0.4 is 11.1 Å². The Kier molecular flexibility index (Phi) is 6.33. The zero-order valence-electron chi connectivity index (χ0n) is 12.3. The van der Waals surface area contributed by atoms with E-state index in [1.165, 1.54) is 0 Å². The number of carboxylic acid groups (broad SMARTS) is 1. The molecule has 0 aliphatic carbocycles. The fraction of sp³-hybridized carbons (Fsp3) is 0.467. The van der Waals surface area contributed by atoms with Crippen LogP contribution in [0.3, 0.4) is 0 Å². The molecule has 2 atom stereocenters. The van der Waals surface area contributed by atoms with Crippen molar-refractivity contribution in [1.29, 1.82) is 0 Å². The molecule has 0 aliphatic heterocycles. The van der Waals surface area contributed by atoms with Crippen LogP contribution in [-0.2, 0) is 19.9 Å². The molecule has 116 valence electrons. The number of carbonyl (C=O) groups is 2. The first-order valence-electron chi connectivity index (χ1n) is 6.76. The standard InChI is InChI=1S/C15H22N2O4/c1-15(16,11-7-4-3-5-8-11)14(20)17-12(13(18)19)9-6-10-21-2/h3-5,7-8,12H,6,9-10,16H2,1-2H3,(H,17,20)(H,18,19). The lowest BCUT2D eigenvalue weighted by molar-refractivity contribution is -0.143. The molecular formula is C15H22N2O4. The summed E-state index contributed by atoms with van der Waals surface area (Å²) in [6.07, 6.45) is 0.833. The van der Waals surface area contributed by atoms with Gasteiger partial charge in [0.25, 0.3) is 0 Å². The second-order valence-corrected chi connectivity index (χ2v) is 5.07. The number of carboxylic acids is 1. The molecule has 1 aromatic rings. The molecule has 6 nitrogen and oxygen atoms in total. The van der Waals surface area contributed by atoms with Gasteiger partial charge in [-0.2, -0.15) is 0 Å². The maximum atomic E-state index is 12.3. The average Bonchev–Trinajstić information content (AvgIpc) is 2.46. The molecule has 6 heteroatoms. The molecule has 1 amide bonds. The summed E-state index contributed by atoms with van der Waals surface area (Å²) in [5.74, 6) is -1.60. The van der Waals surface area contributed by atoms with Gasteiger partial charge in [0.1, 0.15) is 11.6 Å². The minimum Gasteiger partial charge on any atom is -0.480 e. The topological polar surface area (TPSA) is 102 Å². The minimum atomic E-state index is -1.28. The highest BCUT2D eigenvalue weighted by atomic mass is 16.5. The number of methoxy groups -OCH3 is 1. The summed E-state index contributed by atoms with van der Waals surface area (Å²) in [5, 5.41) is 11.7. The van der Waals surface area contributed by atoms with Crippen molar-refractivity contribution in [1.82, 2.24) is 5.32 Å².